The quantitative estimate of drug-likeness (QED) is 0.748. The van der Waals surface area contributed by atoms with Crippen molar-refractivity contribution in [2.75, 3.05) is 36.4 Å². The van der Waals surface area contributed by atoms with Crippen LogP contribution in [0.5, 0.6) is 0 Å². The van der Waals surface area contributed by atoms with Gasteiger partial charge in [0.2, 0.25) is 11.8 Å². The van der Waals surface area contributed by atoms with Gasteiger partial charge in [0.25, 0.3) is 0 Å². The van der Waals surface area contributed by atoms with Crippen LogP contribution in [0.25, 0.3) is 0 Å². The molecule has 2 unspecified atom stereocenters. The number of nitrogens with one attached hydrogen (secondary N) is 1. The van der Waals surface area contributed by atoms with E-state index in [0.29, 0.717) is 12.2 Å². The molecule has 2 aliphatic heterocycles. The number of piperidine rings is 2. The summed E-state index contributed by atoms with van der Waals surface area (Å²) < 4.78 is 0. The Bertz CT molecular complexity index is 887. The number of rotatable bonds is 6. The van der Waals surface area contributed by atoms with E-state index in [2.05, 4.69) is 44.4 Å². The van der Waals surface area contributed by atoms with Crippen LogP contribution in [0.15, 0.2) is 48.7 Å². The molecule has 3 heterocycles. The molecule has 31 heavy (non-hydrogen) atoms. The van der Waals surface area contributed by atoms with Gasteiger partial charge in [0.1, 0.15) is 5.82 Å². The number of pyridine rings is 1. The Kier molecular flexibility index (Phi) is 6.82. The van der Waals surface area contributed by atoms with E-state index >= 15 is 0 Å². The van der Waals surface area contributed by atoms with Gasteiger partial charge in [-0.05, 0) is 49.9 Å². The van der Waals surface area contributed by atoms with Crippen molar-refractivity contribution >= 4 is 23.3 Å². The zero-order valence-corrected chi connectivity index (χ0v) is 17.9. The molecule has 1 aromatic heterocycles. The van der Waals surface area contributed by atoms with E-state index in [1.165, 1.54) is 5.56 Å². The van der Waals surface area contributed by atoms with Crippen LogP contribution in [-0.2, 0) is 16.1 Å². The van der Waals surface area contributed by atoms with E-state index in [9.17, 15) is 9.59 Å². The van der Waals surface area contributed by atoms with Crippen molar-refractivity contribution in [3.8, 4) is 0 Å². The second-order valence-electron chi connectivity index (χ2n) is 8.64. The second kappa shape index (κ2) is 9.92. The average Bonchev–Trinajstić information content (AvgIpc) is 2.80. The Hall–Kier alpha value is -2.93. The van der Waals surface area contributed by atoms with Crippen LogP contribution in [0, 0.1) is 11.8 Å². The zero-order chi connectivity index (χ0) is 21.6. The third kappa shape index (κ3) is 5.61. The molecule has 2 saturated heterocycles. The minimum absolute atomic E-state index is 0.0180. The number of nitrogens with two attached hydrogens (primary N) is 1. The maximum Gasteiger partial charge on any atom is 0.228 e. The normalized spacial score (nSPS) is 22.1. The van der Waals surface area contributed by atoms with Gasteiger partial charge in [-0.2, -0.15) is 0 Å². The SMILES string of the molecule is NC(=O)C1CCCN(c2ccc(NC(=O)C3CCCN(Cc4ccccc4)C3)cn2)C1. The fraction of sp³-hybridized carbons (Fsp3) is 0.458. The molecule has 0 radical (unpaired) electrons. The molecule has 2 atom stereocenters. The van der Waals surface area contributed by atoms with E-state index in [-0.39, 0.29) is 23.7 Å². The van der Waals surface area contributed by atoms with Crippen molar-refractivity contribution in [1.82, 2.24) is 9.88 Å². The number of primary amides is 1. The monoisotopic (exact) mass is 421 g/mol. The summed E-state index contributed by atoms with van der Waals surface area (Å²) in [5.74, 6) is 0.479. The van der Waals surface area contributed by atoms with Gasteiger partial charge in [0.05, 0.1) is 23.7 Å². The number of carbonyl (C=O) groups is 2. The van der Waals surface area contributed by atoms with Crippen LogP contribution >= 0.6 is 0 Å². The number of amides is 2. The van der Waals surface area contributed by atoms with E-state index < -0.39 is 0 Å². The summed E-state index contributed by atoms with van der Waals surface area (Å²) in [6, 6.07) is 14.2. The summed E-state index contributed by atoms with van der Waals surface area (Å²) in [7, 11) is 0. The number of carbonyl (C=O) groups excluding carboxylic acids is 2. The van der Waals surface area contributed by atoms with Crippen LogP contribution < -0.4 is 16.0 Å². The third-order valence-electron chi connectivity index (χ3n) is 6.29. The fourth-order valence-electron chi connectivity index (χ4n) is 4.56. The predicted molar refractivity (Wildman–Crippen MR) is 121 cm³/mol. The molecular formula is C24H31N5O2. The summed E-state index contributed by atoms with van der Waals surface area (Å²) in [5.41, 5.74) is 7.46. The molecule has 2 aromatic rings. The van der Waals surface area contributed by atoms with Gasteiger partial charge in [-0.1, -0.05) is 30.3 Å². The summed E-state index contributed by atoms with van der Waals surface area (Å²) in [5, 5.41) is 3.03. The minimum Gasteiger partial charge on any atom is -0.369 e. The lowest BCUT2D eigenvalue weighted by molar-refractivity contribution is -0.122. The van der Waals surface area contributed by atoms with Crippen molar-refractivity contribution in [2.24, 2.45) is 17.6 Å². The highest BCUT2D eigenvalue weighted by molar-refractivity contribution is 5.92. The third-order valence-corrected chi connectivity index (χ3v) is 6.29. The highest BCUT2D eigenvalue weighted by atomic mass is 16.2. The lowest BCUT2D eigenvalue weighted by Gasteiger charge is -2.32. The summed E-state index contributed by atoms with van der Waals surface area (Å²) >= 11 is 0. The molecule has 0 aliphatic carbocycles. The first-order valence-corrected chi connectivity index (χ1v) is 11.2. The Balaban J connectivity index is 1.31. The van der Waals surface area contributed by atoms with Crippen LogP contribution in [0.2, 0.25) is 0 Å². The molecule has 2 aliphatic rings. The van der Waals surface area contributed by atoms with Crippen molar-refractivity contribution in [3.05, 3.63) is 54.2 Å². The molecule has 4 rings (SSSR count). The molecule has 0 saturated carbocycles. The predicted octanol–water partition coefficient (Wildman–Crippen LogP) is 2.63. The van der Waals surface area contributed by atoms with Gasteiger partial charge in [0.15, 0.2) is 0 Å². The van der Waals surface area contributed by atoms with Crippen LogP contribution in [0.1, 0.15) is 31.2 Å². The second-order valence-corrected chi connectivity index (χ2v) is 8.64. The van der Waals surface area contributed by atoms with Crippen molar-refractivity contribution in [2.45, 2.75) is 32.2 Å². The van der Waals surface area contributed by atoms with Gasteiger partial charge in [0, 0.05) is 26.2 Å². The number of hydrogen-bond donors (Lipinski definition) is 2. The first kappa shape index (κ1) is 21.3. The standard InChI is InChI=1S/C24H31N5O2/c25-23(30)19-8-5-13-29(17-19)22-11-10-21(14-26-22)27-24(31)20-9-4-12-28(16-20)15-18-6-2-1-3-7-18/h1-3,6-7,10-11,14,19-20H,4-5,8-9,12-13,15-17H2,(H2,25,30)(H,27,31). The van der Waals surface area contributed by atoms with Crippen molar-refractivity contribution < 1.29 is 9.59 Å². The Morgan fingerprint density at radius 3 is 2.52 bits per heavy atom. The van der Waals surface area contributed by atoms with E-state index in [4.69, 9.17) is 5.73 Å². The number of likely N-dealkylation sites (tertiary alicyclic amines) is 1. The van der Waals surface area contributed by atoms with Gasteiger partial charge >= 0.3 is 0 Å². The molecule has 0 spiro atoms. The number of hydrogen-bond acceptors (Lipinski definition) is 5. The summed E-state index contributed by atoms with van der Waals surface area (Å²) in [4.78, 5) is 33.3. The molecule has 0 bridgehead atoms. The summed E-state index contributed by atoms with van der Waals surface area (Å²) in [6.45, 7) is 4.14. The maximum absolute atomic E-state index is 12.8. The molecule has 2 fully saturated rings. The van der Waals surface area contributed by atoms with Gasteiger partial charge in [-0.15, -0.1) is 0 Å². The van der Waals surface area contributed by atoms with Gasteiger partial charge in [-0.25, -0.2) is 4.98 Å². The number of benzene rings is 1. The zero-order valence-electron chi connectivity index (χ0n) is 17.9. The minimum atomic E-state index is -0.248. The lowest BCUT2D eigenvalue weighted by atomic mass is 9.96. The van der Waals surface area contributed by atoms with Crippen LogP contribution in [-0.4, -0.2) is 47.9 Å². The molecule has 2 amide bonds. The average molecular weight is 422 g/mol. The van der Waals surface area contributed by atoms with Crippen LogP contribution in [0.4, 0.5) is 11.5 Å². The first-order valence-electron chi connectivity index (χ1n) is 11.2. The highest BCUT2D eigenvalue weighted by Crippen LogP contribution is 2.24. The number of nitrogens with zero attached hydrogens (tertiary/aromatic N) is 3. The molecule has 7 heteroatoms. The molecule has 3 N–H and O–H groups in total. The van der Waals surface area contributed by atoms with E-state index in [1.54, 1.807) is 6.20 Å². The number of aromatic nitrogens is 1. The van der Waals surface area contributed by atoms with E-state index in [1.807, 2.05) is 18.2 Å². The summed E-state index contributed by atoms with van der Waals surface area (Å²) in [6.07, 6.45) is 5.40. The van der Waals surface area contributed by atoms with E-state index in [0.717, 1.165) is 57.7 Å². The van der Waals surface area contributed by atoms with Crippen molar-refractivity contribution in [3.63, 3.8) is 0 Å². The molecule has 164 valence electrons. The topological polar surface area (TPSA) is 91.6 Å². The first-order chi connectivity index (χ1) is 15.1. The molecule has 7 nitrogen and oxygen atoms in total. The Morgan fingerprint density at radius 1 is 1.00 bits per heavy atom. The fourth-order valence-corrected chi connectivity index (χ4v) is 4.56. The largest absolute Gasteiger partial charge is 0.369 e. The van der Waals surface area contributed by atoms with Crippen LogP contribution in [0.3, 0.4) is 0 Å². The molecule has 1 aromatic carbocycles. The van der Waals surface area contributed by atoms with Gasteiger partial charge in [-0.3, -0.25) is 14.5 Å². The smallest absolute Gasteiger partial charge is 0.228 e. The highest BCUT2D eigenvalue weighted by Gasteiger charge is 2.27. The lowest BCUT2D eigenvalue weighted by Crippen LogP contribution is -2.41. The Morgan fingerprint density at radius 2 is 1.77 bits per heavy atom. The Labute approximate surface area is 183 Å². The maximum atomic E-state index is 12.8. The molecular weight excluding hydrogens is 390 g/mol. The number of anilines is 2. The van der Waals surface area contributed by atoms with Crippen molar-refractivity contribution in [1.29, 1.82) is 0 Å². The van der Waals surface area contributed by atoms with Gasteiger partial charge < -0.3 is 16.0 Å².